The lowest BCUT2D eigenvalue weighted by atomic mass is 9.75. The Morgan fingerprint density at radius 1 is 1.22 bits per heavy atom. The van der Waals surface area contributed by atoms with Gasteiger partial charge in [0.15, 0.2) is 0 Å². The molecule has 1 N–H and O–H groups in total. The first-order valence-corrected chi connectivity index (χ1v) is 8.03. The van der Waals surface area contributed by atoms with Gasteiger partial charge < -0.3 is 19.4 Å². The first-order valence-electron chi connectivity index (χ1n) is 8.03. The molecule has 2 fully saturated rings. The van der Waals surface area contributed by atoms with Gasteiger partial charge in [-0.15, -0.1) is 0 Å². The Morgan fingerprint density at radius 3 is 2.13 bits per heavy atom. The van der Waals surface area contributed by atoms with E-state index in [9.17, 15) is 9.18 Å². The van der Waals surface area contributed by atoms with Crippen molar-refractivity contribution in [2.75, 3.05) is 0 Å². The highest BCUT2D eigenvalue weighted by Gasteiger charge is 2.54. The van der Waals surface area contributed by atoms with Crippen molar-refractivity contribution in [2.24, 2.45) is 0 Å². The normalized spacial score (nSPS) is 25.8. The zero-order valence-corrected chi connectivity index (χ0v) is 15.1. The lowest BCUT2D eigenvalue weighted by molar-refractivity contribution is 0.00578. The lowest BCUT2D eigenvalue weighted by Gasteiger charge is -2.32. The van der Waals surface area contributed by atoms with Crippen molar-refractivity contribution < 1.29 is 23.2 Å². The number of halogens is 1. The largest absolute Gasteiger partial charge is 0.525 e. The monoisotopic (exact) mass is 327 g/mol. The van der Waals surface area contributed by atoms with Crippen LogP contribution in [0.2, 0.25) is 0 Å². The standard InChI is InChI=1S/C16H27BFNO4/c1-14(2,3)21-13(20)19-11-8-10(9-11)12(18)17-22-15(4,5)16(6,7)23-17/h11H,8-9H2,1-7H3,(H,19,20). The van der Waals surface area contributed by atoms with E-state index in [0.29, 0.717) is 18.4 Å². The van der Waals surface area contributed by atoms with Crippen molar-refractivity contribution in [3.05, 3.63) is 11.3 Å². The molecule has 0 bridgehead atoms. The van der Waals surface area contributed by atoms with Crippen LogP contribution in [0.5, 0.6) is 0 Å². The van der Waals surface area contributed by atoms with E-state index in [4.69, 9.17) is 14.0 Å². The summed E-state index contributed by atoms with van der Waals surface area (Å²) in [6.45, 7) is 13.0. The molecule has 1 saturated carbocycles. The fraction of sp³-hybridized carbons (Fsp3) is 0.812. The zero-order valence-electron chi connectivity index (χ0n) is 15.1. The van der Waals surface area contributed by atoms with Gasteiger partial charge in [0, 0.05) is 6.04 Å². The second kappa shape index (κ2) is 5.78. The van der Waals surface area contributed by atoms with E-state index < -0.39 is 30.0 Å². The molecule has 0 atom stereocenters. The molecule has 1 aliphatic heterocycles. The fourth-order valence-electron chi connectivity index (χ4n) is 2.42. The van der Waals surface area contributed by atoms with Gasteiger partial charge >= 0.3 is 13.2 Å². The number of alkyl carbamates (subject to hydrolysis) is 1. The summed E-state index contributed by atoms with van der Waals surface area (Å²) in [7, 11) is -0.961. The van der Waals surface area contributed by atoms with Gasteiger partial charge in [0.2, 0.25) is 0 Å². The number of carbonyl (C=O) groups is 1. The van der Waals surface area contributed by atoms with Gasteiger partial charge in [0.25, 0.3) is 0 Å². The number of carbonyl (C=O) groups excluding carboxylic acids is 1. The first-order chi connectivity index (χ1) is 10.3. The van der Waals surface area contributed by atoms with Crippen molar-refractivity contribution in [1.82, 2.24) is 5.32 Å². The summed E-state index contributed by atoms with van der Waals surface area (Å²) >= 11 is 0. The molecule has 23 heavy (non-hydrogen) atoms. The third-order valence-corrected chi connectivity index (χ3v) is 4.50. The molecular formula is C16H27BFNO4. The van der Waals surface area contributed by atoms with E-state index in [-0.39, 0.29) is 11.8 Å². The van der Waals surface area contributed by atoms with Gasteiger partial charge in [-0.25, -0.2) is 9.18 Å². The van der Waals surface area contributed by atoms with E-state index in [0.717, 1.165) is 0 Å². The van der Waals surface area contributed by atoms with Crippen LogP contribution in [0.25, 0.3) is 0 Å². The Labute approximate surface area is 138 Å². The molecule has 2 rings (SSSR count). The highest BCUT2D eigenvalue weighted by Crippen LogP contribution is 2.41. The zero-order chi connectivity index (χ0) is 17.6. The molecule has 7 heteroatoms. The van der Waals surface area contributed by atoms with Crippen LogP contribution in [0.4, 0.5) is 9.18 Å². The molecule has 0 aromatic heterocycles. The Bertz CT molecular complexity index is 501. The van der Waals surface area contributed by atoms with Crippen LogP contribution < -0.4 is 5.32 Å². The summed E-state index contributed by atoms with van der Waals surface area (Å²) in [6.07, 6.45) is 0.433. The molecule has 0 aromatic carbocycles. The van der Waals surface area contributed by atoms with Gasteiger partial charge in [-0.2, -0.15) is 0 Å². The van der Waals surface area contributed by atoms with Crippen LogP contribution in [-0.4, -0.2) is 36.1 Å². The van der Waals surface area contributed by atoms with Crippen LogP contribution in [-0.2, 0) is 14.0 Å². The van der Waals surface area contributed by atoms with E-state index in [1.165, 1.54) is 0 Å². The quantitative estimate of drug-likeness (QED) is 0.789. The third kappa shape index (κ3) is 4.07. The summed E-state index contributed by atoms with van der Waals surface area (Å²) in [5.74, 6) is 0. The second-order valence-electron chi connectivity index (χ2n) is 8.29. The van der Waals surface area contributed by atoms with Crippen molar-refractivity contribution in [3.8, 4) is 0 Å². The van der Waals surface area contributed by atoms with Gasteiger partial charge in [-0.1, -0.05) is 0 Å². The number of rotatable bonds is 2. The predicted octanol–water partition coefficient (Wildman–Crippen LogP) is 3.53. The maximum absolute atomic E-state index is 14.5. The van der Waals surface area contributed by atoms with Gasteiger partial charge in [0.05, 0.1) is 11.2 Å². The second-order valence-corrected chi connectivity index (χ2v) is 8.29. The van der Waals surface area contributed by atoms with Gasteiger partial charge in [-0.05, 0) is 66.9 Å². The molecule has 1 heterocycles. The molecule has 130 valence electrons. The fourth-order valence-corrected chi connectivity index (χ4v) is 2.42. The molecule has 5 nitrogen and oxygen atoms in total. The highest BCUT2D eigenvalue weighted by atomic mass is 19.1. The number of hydrogen-bond donors (Lipinski definition) is 1. The SMILES string of the molecule is CC(C)(C)OC(=O)NC1CC(=C(F)B2OC(C)(C)C(C)(C)O2)C1. The number of amides is 1. The van der Waals surface area contributed by atoms with Crippen LogP contribution in [0.1, 0.15) is 61.3 Å². The maximum atomic E-state index is 14.5. The van der Waals surface area contributed by atoms with E-state index in [1.54, 1.807) is 20.8 Å². The molecule has 1 saturated heterocycles. The van der Waals surface area contributed by atoms with Crippen molar-refractivity contribution in [3.63, 3.8) is 0 Å². The number of hydrogen-bond acceptors (Lipinski definition) is 4. The molecule has 2 aliphatic rings. The van der Waals surface area contributed by atoms with Gasteiger partial charge in [-0.3, -0.25) is 0 Å². The van der Waals surface area contributed by atoms with Crippen molar-refractivity contribution in [2.45, 2.75) is 84.2 Å². The molecular weight excluding hydrogens is 300 g/mol. The van der Waals surface area contributed by atoms with Crippen LogP contribution in [0, 0.1) is 0 Å². The molecule has 0 spiro atoms. The number of nitrogens with one attached hydrogen (secondary N) is 1. The summed E-state index contributed by atoms with van der Waals surface area (Å²) < 4.78 is 31.1. The molecule has 1 amide bonds. The van der Waals surface area contributed by atoms with Crippen LogP contribution in [0.3, 0.4) is 0 Å². The minimum atomic E-state index is -0.961. The average Bonchev–Trinajstić information content (AvgIpc) is 2.49. The Balaban J connectivity index is 1.89. The van der Waals surface area contributed by atoms with Crippen molar-refractivity contribution >= 4 is 13.2 Å². The van der Waals surface area contributed by atoms with Crippen molar-refractivity contribution in [1.29, 1.82) is 0 Å². The smallest absolute Gasteiger partial charge is 0.444 e. The Kier molecular flexibility index (Phi) is 4.59. The van der Waals surface area contributed by atoms with Gasteiger partial charge in [0.1, 0.15) is 11.3 Å². The summed E-state index contributed by atoms with van der Waals surface area (Å²) in [5, 5.41) is 2.74. The summed E-state index contributed by atoms with van der Waals surface area (Å²) in [5.41, 5.74) is -1.41. The Hall–Kier alpha value is -1.08. The molecule has 1 aliphatic carbocycles. The van der Waals surface area contributed by atoms with E-state index in [2.05, 4.69) is 5.32 Å². The minimum absolute atomic E-state index is 0.104. The Morgan fingerprint density at radius 2 is 1.70 bits per heavy atom. The summed E-state index contributed by atoms with van der Waals surface area (Å²) in [6, 6.07) is -0.104. The maximum Gasteiger partial charge on any atom is 0.525 e. The average molecular weight is 327 g/mol. The minimum Gasteiger partial charge on any atom is -0.444 e. The molecule has 0 aromatic rings. The molecule has 0 unspecified atom stereocenters. The van der Waals surface area contributed by atoms with E-state index in [1.807, 2.05) is 27.7 Å². The first kappa shape index (κ1) is 18.3. The van der Waals surface area contributed by atoms with Crippen LogP contribution >= 0.6 is 0 Å². The van der Waals surface area contributed by atoms with Crippen LogP contribution in [0.15, 0.2) is 11.3 Å². The number of ether oxygens (including phenoxy) is 1. The predicted molar refractivity (Wildman–Crippen MR) is 86.6 cm³/mol. The summed E-state index contributed by atoms with van der Waals surface area (Å²) in [4.78, 5) is 11.7. The third-order valence-electron chi connectivity index (χ3n) is 4.50. The lowest BCUT2D eigenvalue weighted by Crippen LogP contribution is -2.44. The topological polar surface area (TPSA) is 56.8 Å². The highest BCUT2D eigenvalue weighted by molar-refractivity contribution is 6.53. The van der Waals surface area contributed by atoms with E-state index >= 15 is 0 Å². The molecule has 0 radical (unpaired) electrons.